The maximum absolute atomic E-state index is 8.52. The van der Waals surface area contributed by atoms with Gasteiger partial charge in [-0.15, -0.1) is 0 Å². The second-order valence-electron chi connectivity index (χ2n) is 1.42. The molecule has 0 bridgehead atoms. The second-order valence-corrected chi connectivity index (χ2v) is 4.25. The summed E-state index contributed by atoms with van der Waals surface area (Å²) < 4.78 is 76.2. The van der Waals surface area contributed by atoms with Gasteiger partial charge < -0.3 is 70.3 Å². The van der Waals surface area contributed by atoms with Gasteiger partial charge in [-0.05, 0) is 0 Å². The first-order chi connectivity index (χ1) is 11.5. The molecule has 0 radical (unpaired) electrons. The summed E-state index contributed by atoms with van der Waals surface area (Å²) in [5.74, 6) is 0. The fourth-order valence-electron chi connectivity index (χ4n) is 0. The van der Waals surface area contributed by atoms with Crippen LogP contribution in [0.1, 0.15) is 0 Å². The Morgan fingerprint density at radius 2 is 0.367 bits per heavy atom. The Hall–Kier alpha value is 0.316. The van der Waals surface area contributed by atoms with E-state index in [-0.39, 0.29) is 80.8 Å². The Morgan fingerprint density at radius 1 is 0.367 bits per heavy atom. The fraction of sp³-hybridized carbons (Fsp3) is 0. The maximum Gasteiger partial charge on any atom is 3.00 e. The predicted molar refractivity (Wildman–Crippen MR) is 69.5 cm³/mol. The first-order valence-corrected chi connectivity index (χ1v) is 11.6. The summed E-state index contributed by atoms with van der Waals surface area (Å²) in [6.45, 7) is 0. The summed E-state index contributed by atoms with van der Waals surface area (Å²) in [5.41, 5.74) is 0. The topological polar surface area (TPSA) is 384 Å². The molecule has 0 heterocycles. The van der Waals surface area contributed by atoms with Crippen LogP contribution in [0, 0.1) is 0 Å². The van der Waals surface area contributed by atoms with Crippen LogP contribution in [0.4, 0.5) is 0 Å². The van der Waals surface area contributed by atoms with E-state index in [1.807, 2.05) is 0 Å². The Kier molecular flexibility index (Phi) is 182. The van der Waals surface area contributed by atoms with Gasteiger partial charge in [0.15, 0.2) is 0 Å². The zero-order valence-electron chi connectivity index (χ0n) is 13.8. The van der Waals surface area contributed by atoms with E-state index in [4.69, 9.17) is 88.1 Å². The molecule has 30 heavy (non-hydrogen) atoms. The van der Waals surface area contributed by atoms with Crippen molar-refractivity contribution < 1.29 is 88.1 Å². The second kappa shape index (κ2) is 78.4. The van der Waals surface area contributed by atoms with Crippen LogP contribution in [-0.4, -0.2) is 145 Å². The molecule has 0 aromatic rings. The SMILES string of the molecule is O=[Si]([O-])[O-].O=[Si]([O-])[O-].O=[Si]([O-])[O-].O=[Si]([O-])[O-].O=[Si]([O-])[O-].O=[Si]=O.O=[Si]=O.[Al+3].[Al+3].[Mg+2].[Mg+2]. The van der Waals surface area contributed by atoms with Crippen molar-refractivity contribution in [3.05, 3.63) is 0 Å². The van der Waals surface area contributed by atoms with E-state index in [0.717, 1.165) is 0 Å². The van der Waals surface area contributed by atoms with Crippen molar-refractivity contribution in [3.8, 4) is 0 Å². The van der Waals surface area contributed by atoms with Gasteiger partial charge in [-0.1, -0.05) is 0 Å². The largest absolute Gasteiger partial charge is 3.00 e. The molecule has 0 aliphatic carbocycles. The quantitative estimate of drug-likeness (QED) is 0.232. The molecule has 0 aliphatic rings. The fourth-order valence-corrected chi connectivity index (χ4v) is 0. The Labute approximate surface area is 231 Å². The van der Waals surface area contributed by atoms with Gasteiger partial charge in [-0.3, -0.25) is 17.8 Å². The standard InChI is InChI=1S/2Al.2Mg.5O3Si.2O2Si/c;;;;5*1-4(2)3;2*1-3-2/q2*+3;2*+2;5*-2;;. The first-order valence-electron chi connectivity index (χ1n) is 3.88. The summed E-state index contributed by atoms with van der Waals surface area (Å²) in [5, 5.41) is 0. The van der Waals surface area contributed by atoms with E-state index in [0.29, 0.717) is 0 Å². The van der Waals surface area contributed by atoms with Crippen molar-refractivity contribution in [2.24, 2.45) is 0 Å². The van der Waals surface area contributed by atoms with Crippen molar-refractivity contribution >= 4 is 145 Å². The molecular formula is Al2Mg2O19Si7. The summed E-state index contributed by atoms with van der Waals surface area (Å²) in [6, 6.07) is 0. The number of hydrogen-bond donors (Lipinski definition) is 0. The van der Waals surface area contributed by atoms with Crippen LogP contribution in [0.3, 0.4) is 0 Å². The average molecular weight is 603 g/mol. The molecule has 30 heteroatoms. The summed E-state index contributed by atoms with van der Waals surface area (Å²) in [7, 11) is -21.0. The molecule has 0 N–H and O–H groups in total. The van der Waals surface area contributed by atoms with Gasteiger partial charge in [0.25, 0.3) is 0 Å². The molecule has 0 spiro atoms. The molecule has 0 unspecified atom stereocenters. The normalized spacial score (nSPS) is 4.53. The minimum absolute atomic E-state index is 0. The molecule has 0 fully saturated rings. The number of hydrogen-bond acceptors (Lipinski definition) is 19. The van der Waals surface area contributed by atoms with Crippen LogP contribution in [-0.2, 0) is 40.2 Å². The zero-order valence-corrected chi connectivity index (χ0v) is 26.0. The van der Waals surface area contributed by atoms with Crippen molar-refractivity contribution in [1.82, 2.24) is 0 Å². The molecule has 0 amide bonds. The summed E-state index contributed by atoms with van der Waals surface area (Å²) in [4.78, 5) is 85.2. The molecule has 0 saturated heterocycles. The zero-order chi connectivity index (χ0) is 23.3. The van der Waals surface area contributed by atoms with Crippen LogP contribution in [0.15, 0.2) is 0 Å². The van der Waals surface area contributed by atoms with Gasteiger partial charge >= 0.3 is 99.4 Å². The molecule has 0 aromatic heterocycles. The monoisotopic (exact) mass is 602 g/mol. The third kappa shape index (κ3) is 212000. The van der Waals surface area contributed by atoms with E-state index in [2.05, 4.69) is 0 Å². The average Bonchev–Trinajstić information content (AvgIpc) is 2.25. The van der Waals surface area contributed by atoms with E-state index < -0.39 is 64.4 Å². The van der Waals surface area contributed by atoms with Crippen LogP contribution < -0.4 is 48.0 Å². The van der Waals surface area contributed by atoms with E-state index in [1.54, 1.807) is 0 Å². The minimum atomic E-state index is -3.63. The van der Waals surface area contributed by atoms with Crippen LogP contribution in [0.2, 0.25) is 0 Å². The van der Waals surface area contributed by atoms with Gasteiger partial charge in [-0.2, -0.15) is 0 Å². The van der Waals surface area contributed by atoms with Gasteiger partial charge in [0.2, 0.25) is 0 Å². The molecule has 0 rings (SSSR count). The smallest absolute Gasteiger partial charge is 0.672 e. The molecule has 0 saturated carbocycles. The predicted octanol–water partition coefficient (Wildman–Crippen LogP) is -17.1. The molecule has 0 atom stereocenters. The molecule has 152 valence electrons. The van der Waals surface area contributed by atoms with Gasteiger partial charge in [-0.25, -0.2) is 0 Å². The minimum Gasteiger partial charge on any atom is -0.672 e. The van der Waals surface area contributed by atoms with Crippen molar-refractivity contribution in [2.75, 3.05) is 0 Å². The van der Waals surface area contributed by atoms with Crippen LogP contribution in [0.25, 0.3) is 0 Å². The van der Waals surface area contributed by atoms with Crippen LogP contribution in [0.5, 0.6) is 0 Å². The van der Waals surface area contributed by atoms with Crippen molar-refractivity contribution in [3.63, 3.8) is 0 Å². The maximum atomic E-state index is 8.52. The Balaban J connectivity index is -0.0000000153. The summed E-state index contributed by atoms with van der Waals surface area (Å²) in [6.07, 6.45) is 0. The van der Waals surface area contributed by atoms with E-state index >= 15 is 0 Å². The van der Waals surface area contributed by atoms with E-state index in [9.17, 15) is 0 Å². The number of rotatable bonds is 0. The first kappa shape index (κ1) is 69.8. The van der Waals surface area contributed by atoms with Gasteiger partial charge in [0.05, 0.1) is 0 Å². The molecule has 19 nitrogen and oxygen atoms in total. The third-order valence-electron chi connectivity index (χ3n) is 0. The van der Waals surface area contributed by atoms with Gasteiger partial charge in [0, 0.05) is 45.9 Å². The third-order valence-corrected chi connectivity index (χ3v) is 0. The Morgan fingerprint density at radius 3 is 0.367 bits per heavy atom. The molecule has 0 aliphatic heterocycles. The molecular weight excluding hydrogens is 603 g/mol. The molecule has 0 aromatic carbocycles. The van der Waals surface area contributed by atoms with Gasteiger partial charge in [0.1, 0.15) is 0 Å². The summed E-state index contributed by atoms with van der Waals surface area (Å²) >= 11 is 0. The van der Waals surface area contributed by atoms with Crippen molar-refractivity contribution in [1.29, 1.82) is 0 Å². The van der Waals surface area contributed by atoms with Crippen LogP contribution >= 0.6 is 0 Å². The van der Waals surface area contributed by atoms with E-state index in [1.165, 1.54) is 0 Å². The Bertz CT molecular complexity index is 354. The van der Waals surface area contributed by atoms with Crippen molar-refractivity contribution in [2.45, 2.75) is 0 Å².